The molecule has 2 aromatic heterocycles. The molecule has 1 atom stereocenters. The fourth-order valence-electron chi connectivity index (χ4n) is 3.72. The van der Waals surface area contributed by atoms with Crippen molar-refractivity contribution in [3.8, 4) is 0 Å². The highest BCUT2D eigenvalue weighted by molar-refractivity contribution is 7.89. The highest BCUT2D eigenvalue weighted by Crippen LogP contribution is 2.30. The van der Waals surface area contributed by atoms with Gasteiger partial charge in [0.25, 0.3) is 0 Å². The van der Waals surface area contributed by atoms with Gasteiger partial charge in [0.05, 0.1) is 11.1 Å². The smallest absolute Gasteiger partial charge is 0.244 e. The minimum Gasteiger partial charge on any atom is -0.346 e. The average molecular weight is 482 g/mol. The van der Waals surface area contributed by atoms with Crippen molar-refractivity contribution in [3.05, 3.63) is 58.5 Å². The third-order valence-corrected chi connectivity index (χ3v) is 8.04. The second kappa shape index (κ2) is 8.74. The number of nitrogens with zero attached hydrogens (tertiary/aromatic N) is 4. The molecule has 4 rings (SSSR count). The monoisotopic (exact) mass is 481 g/mol. The summed E-state index contributed by atoms with van der Waals surface area (Å²) in [5.74, 6) is 0.223. The van der Waals surface area contributed by atoms with E-state index in [1.165, 1.54) is 16.4 Å². The number of halogens is 2. The van der Waals surface area contributed by atoms with Crippen LogP contribution < -0.4 is 5.32 Å². The van der Waals surface area contributed by atoms with E-state index in [0.717, 1.165) is 0 Å². The molecule has 1 N–H and O–H groups in total. The zero-order valence-electron chi connectivity index (χ0n) is 16.7. The Kier molecular flexibility index (Phi) is 6.20. The largest absolute Gasteiger partial charge is 0.346 e. The molecule has 0 spiro atoms. The van der Waals surface area contributed by atoms with E-state index >= 15 is 0 Å². The Labute approximate surface area is 190 Å². The summed E-state index contributed by atoms with van der Waals surface area (Å²) in [5.41, 5.74) is 0.705. The first-order valence-electron chi connectivity index (χ1n) is 9.82. The number of hydrogen-bond donors (Lipinski definition) is 1. The Hall–Kier alpha value is -2.20. The predicted octanol–water partition coefficient (Wildman–Crippen LogP) is 3.31. The number of amides is 1. The molecule has 1 saturated heterocycles. The number of carbonyl (C=O) groups is 1. The van der Waals surface area contributed by atoms with E-state index in [0.29, 0.717) is 29.3 Å². The number of pyridine rings is 1. The van der Waals surface area contributed by atoms with Crippen molar-refractivity contribution < 1.29 is 13.2 Å². The number of carbonyl (C=O) groups excluding carboxylic acids is 1. The maximum Gasteiger partial charge on any atom is 0.244 e. The lowest BCUT2D eigenvalue weighted by atomic mass is 9.97. The van der Waals surface area contributed by atoms with Gasteiger partial charge in [0.15, 0.2) is 11.5 Å². The quantitative estimate of drug-likeness (QED) is 0.602. The Morgan fingerprint density at radius 1 is 1.16 bits per heavy atom. The standard InChI is InChI=1S/C20H21Cl2N5O3S/c1-13(19-25-24-18-4-2-3-9-27(18)19)23-20(28)14-7-10-26(11-8-14)31(29,30)17-12-15(21)5-6-16(17)22/h2-6,9,12-14H,7-8,10-11H2,1H3,(H,23,28). The number of nitrogens with one attached hydrogen (secondary N) is 1. The molecule has 31 heavy (non-hydrogen) atoms. The van der Waals surface area contributed by atoms with Crippen LogP contribution in [0.3, 0.4) is 0 Å². The van der Waals surface area contributed by atoms with Gasteiger partial charge in [-0.1, -0.05) is 29.3 Å². The lowest BCUT2D eigenvalue weighted by Crippen LogP contribution is -2.43. The maximum atomic E-state index is 13.0. The van der Waals surface area contributed by atoms with Crippen molar-refractivity contribution >= 4 is 44.8 Å². The molecule has 1 unspecified atom stereocenters. The van der Waals surface area contributed by atoms with E-state index in [-0.39, 0.29) is 40.9 Å². The van der Waals surface area contributed by atoms with Gasteiger partial charge in [0, 0.05) is 30.2 Å². The number of sulfonamides is 1. The molecule has 0 bridgehead atoms. The van der Waals surface area contributed by atoms with Gasteiger partial charge in [0.1, 0.15) is 4.90 Å². The fraction of sp³-hybridized carbons (Fsp3) is 0.350. The summed E-state index contributed by atoms with van der Waals surface area (Å²) < 4.78 is 29.1. The molecule has 1 aliphatic rings. The molecule has 1 aromatic carbocycles. The second-order valence-electron chi connectivity index (χ2n) is 7.47. The van der Waals surface area contributed by atoms with Crippen LogP contribution in [-0.2, 0) is 14.8 Å². The van der Waals surface area contributed by atoms with Crippen LogP contribution >= 0.6 is 23.2 Å². The molecular weight excluding hydrogens is 461 g/mol. The van der Waals surface area contributed by atoms with Crippen molar-refractivity contribution in [1.29, 1.82) is 0 Å². The zero-order chi connectivity index (χ0) is 22.2. The Balaban J connectivity index is 1.40. The molecule has 3 heterocycles. The van der Waals surface area contributed by atoms with Crippen molar-refractivity contribution in [3.63, 3.8) is 0 Å². The molecule has 0 saturated carbocycles. The van der Waals surface area contributed by atoms with Crippen molar-refractivity contribution in [2.45, 2.75) is 30.7 Å². The summed E-state index contributed by atoms with van der Waals surface area (Å²) in [7, 11) is -3.78. The Morgan fingerprint density at radius 3 is 2.65 bits per heavy atom. The molecular formula is C20H21Cl2N5O3S. The minimum atomic E-state index is -3.78. The molecule has 11 heteroatoms. The summed E-state index contributed by atoms with van der Waals surface area (Å²) in [6.07, 6.45) is 2.67. The van der Waals surface area contributed by atoms with Gasteiger partial charge < -0.3 is 5.32 Å². The number of rotatable bonds is 5. The first-order valence-corrected chi connectivity index (χ1v) is 12.0. The molecule has 1 amide bonds. The van der Waals surface area contributed by atoms with Crippen molar-refractivity contribution in [2.24, 2.45) is 5.92 Å². The van der Waals surface area contributed by atoms with E-state index in [1.807, 2.05) is 35.7 Å². The third kappa shape index (κ3) is 4.41. The molecule has 1 aliphatic heterocycles. The minimum absolute atomic E-state index is 0.0168. The molecule has 0 radical (unpaired) electrons. The number of piperidine rings is 1. The van der Waals surface area contributed by atoms with E-state index in [4.69, 9.17) is 23.2 Å². The topological polar surface area (TPSA) is 96.7 Å². The molecule has 8 nitrogen and oxygen atoms in total. The van der Waals surface area contributed by atoms with Crippen molar-refractivity contribution in [2.75, 3.05) is 13.1 Å². The van der Waals surface area contributed by atoms with Crippen LogP contribution in [0, 0.1) is 5.92 Å². The number of aromatic nitrogens is 3. The first kappa shape index (κ1) is 22.0. The van der Waals surface area contributed by atoms with E-state index in [9.17, 15) is 13.2 Å². The van der Waals surface area contributed by atoms with Gasteiger partial charge in [-0.3, -0.25) is 9.20 Å². The van der Waals surface area contributed by atoms with Crippen LogP contribution in [-0.4, -0.2) is 46.3 Å². The van der Waals surface area contributed by atoms with E-state index in [2.05, 4.69) is 15.5 Å². The molecule has 0 aliphatic carbocycles. The Morgan fingerprint density at radius 2 is 1.90 bits per heavy atom. The summed E-state index contributed by atoms with van der Waals surface area (Å²) in [4.78, 5) is 12.8. The molecule has 3 aromatic rings. The summed E-state index contributed by atoms with van der Waals surface area (Å²) in [6, 6.07) is 9.60. The molecule has 164 valence electrons. The van der Waals surface area contributed by atoms with Gasteiger partial charge in [-0.2, -0.15) is 4.31 Å². The predicted molar refractivity (Wildman–Crippen MR) is 117 cm³/mol. The lowest BCUT2D eigenvalue weighted by molar-refractivity contribution is -0.126. The van der Waals surface area contributed by atoms with E-state index in [1.54, 1.807) is 6.07 Å². The number of fused-ring (bicyclic) bond motifs is 1. The van der Waals surface area contributed by atoms with Crippen LogP contribution in [0.1, 0.15) is 31.6 Å². The summed E-state index contributed by atoms with van der Waals surface area (Å²) >= 11 is 12.0. The van der Waals surface area contributed by atoms with E-state index < -0.39 is 10.0 Å². The Bertz CT molecular complexity index is 1220. The van der Waals surface area contributed by atoms with Crippen molar-refractivity contribution in [1.82, 2.24) is 24.2 Å². The average Bonchev–Trinajstić information content (AvgIpc) is 3.19. The third-order valence-electron chi connectivity index (χ3n) is 5.42. The maximum absolute atomic E-state index is 13.0. The van der Waals surface area contributed by atoms with Crippen LogP contribution in [0.5, 0.6) is 0 Å². The van der Waals surface area contributed by atoms with Crippen LogP contribution in [0.2, 0.25) is 10.0 Å². The highest BCUT2D eigenvalue weighted by Gasteiger charge is 2.34. The normalized spacial score (nSPS) is 17.0. The van der Waals surface area contributed by atoms with Gasteiger partial charge >= 0.3 is 0 Å². The number of benzene rings is 1. The SMILES string of the molecule is CC(NC(=O)C1CCN(S(=O)(=O)c2cc(Cl)ccc2Cl)CC1)c1nnc2ccccn12. The van der Waals surface area contributed by atoms with Crippen LogP contribution in [0.4, 0.5) is 0 Å². The zero-order valence-corrected chi connectivity index (χ0v) is 19.0. The van der Waals surface area contributed by atoms with Crippen LogP contribution in [0.15, 0.2) is 47.5 Å². The van der Waals surface area contributed by atoms with Gasteiger partial charge in [-0.25, -0.2) is 8.42 Å². The van der Waals surface area contributed by atoms with Gasteiger partial charge in [-0.05, 0) is 50.1 Å². The van der Waals surface area contributed by atoms with Gasteiger partial charge in [0.2, 0.25) is 15.9 Å². The fourth-order valence-corrected chi connectivity index (χ4v) is 5.93. The number of hydrogen-bond acceptors (Lipinski definition) is 5. The molecule has 1 fully saturated rings. The highest BCUT2D eigenvalue weighted by atomic mass is 35.5. The van der Waals surface area contributed by atoms with Crippen LogP contribution in [0.25, 0.3) is 5.65 Å². The second-order valence-corrected chi connectivity index (χ2v) is 10.2. The summed E-state index contributed by atoms with van der Waals surface area (Å²) in [6.45, 7) is 2.30. The first-order chi connectivity index (χ1) is 14.8. The van der Waals surface area contributed by atoms with Gasteiger partial charge in [-0.15, -0.1) is 10.2 Å². The summed E-state index contributed by atoms with van der Waals surface area (Å²) in [5, 5.41) is 11.7. The lowest BCUT2D eigenvalue weighted by Gasteiger charge is -2.31.